The monoisotopic (exact) mass is 470 g/mol. The van der Waals surface area contributed by atoms with Crippen LogP contribution in [0.2, 0.25) is 0 Å². The number of ether oxygens (including phenoxy) is 1. The molecule has 0 saturated carbocycles. The summed E-state index contributed by atoms with van der Waals surface area (Å²) in [5.74, 6) is -1.19. The van der Waals surface area contributed by atoms with Crippen LogP contribution in [-0.4, -0.2) is 38.3 Å². The molecule has 0 spiro atoms. The molecule has 32 heavy (non-hydrogen) atoms. The van der Waals surface area contributed by atoms with E-state index in [9.17, 15) is 26.4 Å². The molecule has 0 aliphatic carbocycles. The minimum absolute atomic E-state index is 0.00323. The fraction of sp³-hybridized carbons (Fsp3) is 0.409. The van der Waals surface area contributed by atoms with Gasteiger partial charge in [0.15, 0.2) is 0 Å². The largest absolute Gasteiger partial charge is 0.434 e. The molecule has 0 aromatic heterocycles. The molecular weight excluding hydrogens is 445 g/mol. The number of halogens is 3. The van der Waals surface area contributed by atoms with E-state index < -0.39 is 34.4 Å². The lowest BCUT2D eigenvalue weighted by Gasteiger charge is -2.31. The van der Waals surface area contributed by atoms with E-state index in [1.54, 1.807) is 18.2 Å². The van der Waals surface area contributed by atoms with Crippen LogP contribution in [0.3, 0.4) is 0 Å². The number of carbonyl (C=O) groups excluding carboxylic acids is 1. The number of piperidine rings is 1. The predicted molar refractivity (Wildman–Crippen MR) is 112 cm³/mol. The van der Waals surface area contributed by atoms with Crippen molar-refractivity contribution in [3.63, 3.8) is 0 Å². The van der Waals surface area contributed by atoms with Crippen LogP contribution >= 0.6 is 0 Å². The van der Waals surface area contributed by atoms with Gasteiger partial charge in [0.25, 0.3) is 0 Å². The van der Waals surface area contributed by atoms with Crippen LogP contribution in [0.1, 0.15) is 37.8 Å². The van der Waals surface area contributed by atoms with Gasteiger partial charge in [0.05, 0.1) is 10.9 Å². The van der Waals surface area contributed by atoms with Crippen molar-refractivity contribution < 1.29 is 31.1 Å². The Balaban J connectivity index is 1.63. The van der Waals surface area contributed by atoms with Gasteiger partial charge in [-0.05, 0) is 49.6 Å². The van der Waals surface area contributed by atoms with Gasteiger partial charge in [-0.1, -0.05) is 25.1 Å². The second-order valence-corrected chi connectivity index (χ2v) is 9.46. The number of para-hydroxylation sites is 1. The highest BCUT2D eigenvalue weighted by Crippen LogP contribution is 2.30. The maximum Gasteiger partial charge on any atom is 0.387 e. The van der Waals surface area contributed by atoms with E-state index >= 15 is 0 Å². The molecule has 1 saturated heterocycles. The lowest BCUT2D eigenvalue weighted by atomic mass is 9.95. The number of amides is 1. The van der Waals surface area contributed by atoms with Crippen molar-refractivity contribution in [2.75, 3.05) is 13.1 Å². The van der Waals surface area contributed by atoms with Crippen LogP contribution in [0, 0.1) is 11.7 Å². The Bertz CT molecular complexity index is 1020. The van der Waals surface area contributed by atoms with Gasteiger partial charge >= 0.3 is 6.61 Å². The van der Waals surface area contributed by atoms with E-state index in [1.165, 1.54) is 22.5 Å². The van der Waals surface area contributed by atoms with Crippen molar-refractivity contribution in [2.24, 2.45) is 5.92 Å². The van der Waals surface area contributed by atoms with Crippen LogP contribution in [0.5, 0.6) is 5.75 Å². The summed E-state index contributed by atoms with van der Waals surface area (Å²) in [6.07, 6.45) is 1.10. The van der Waals surface area contributed by atoms with Crippen molar-refractivity contribution in [3.8, 4) is 5.75 Å². The van der Waals surface area contributed by atoms with E-state index in [1.807, 2.05) is 6.92 Å². The Kier molecular flexibility index (Phi) is 7.78. The molecule has 1 unspecified atom stereocenters. The SMILES string of the molecule is CCC(NC(=O)C1CCN(S(=O)(=O)c2ccc(F)cc2)CC1)c1ccccc1OC(F)F. The summed E-state index contributed by atoms with van der Waals surface area (Å²) in [7, 11) is -3.77. The molecule has 2 aromatic carbocycles. The number of carbonyl (C=O) groups is 1. The van der Waals surface area contributed by atoms with Gasteiger partial charge in [-0.25, -0.2) is 12.8 Å². The maximum absolute atomic E-state index is 13.1. The van der Waals surface area contributed by atoms with Crippen LogP contribution in [0.4, 0.5) is 13.2 Å². The third-order valence-corrected chi connectivity index (χ3v) is 7.42. The molecule has 1 aliphatic heterocycles. The molecular formula is C22H25F3N2O4S. The van der Waals surface area contributed by atoms with Crippen LogP contribution in [0.15, 0.2) is 53.4 Å². The Morgan fingerprint density at radius 1 is 1.12 bits per heavy atom. The number of alkyl halides is 2. The zero-order valence-electron chi connectivity index (χ0n) is 17.5. The number of nitrogens with zero attached hydrogens (tertiary/aromatic N) is 1. The van der Waals surface area contributed by atoms with E-state index in [2.05, 4.69) is 10.1 Å². The number of rotatable bonds is 8. The normalized spacial score (nSPS) is 16.7. The van der Waals surface area contributed by atoms with Gasteiger partial charge in [-0.2, -0.15) is 13.1 Å². The lowest BCUT2D eigenvalue weighted by molar-refractivity contribution is -0.126. The number of nitrogens with one attached hydrogen (secondary N) is 1. The first-order valence-electron chi connectivity index (χ1n) is 10.3. The summed E-state index contributed by atoms with van der Waals surface area (Å²) >= 11 is 0. The fourth-order valence-electron chi connectivity index (χ4n) is 3.77. The van der Waals surface area contributed by atoms with E-state index in [0.717, 1.165) is 12.1 Å². The van der Waals surface area contributed by atoms with Gasteiger partial charge in [0.1, 0.15) is 11.6 Å². The molecule has 174 valence electrons. The number of benzene rings is 2. The van der Waals surface area contributed by atoms with Gasteiger partial charge in [-0.3, -0.25) is 4.79 Å². The van der Waals surface area contributed by atoms with Gasteiger partial charge < -0.3 is 10.1 Å². The van der Waals surface area contributed by atoms with Crippen molar-refractivity contribution in [2.45, 2.75) is 43.7 Å². The minimum atomic E-state index is -3.77. The molecule has 0 bridgehead atoms. The van der Waals surface area contributed by atoms with E-state index in [0.29, 0.717) is 24.8 Å². The molecule has 6 nitrogen and oxygen atoms in total. The molecule has 1 heterocycles. The van der Waals surface area contributed by atoms with Crippen molar-refractivity contribution >= 4 is 15.9 Å². The van der Waals surface area contributed by atoms with Crippen LogP contribution in [-0.2, 0) is 14.8 Å². The molecule has 1 atom stereocenters. The highest BCUT2D eigenvalue weighted by Gasteiger charge is 2.33. The molecule has 3 rings (SSSR count). The topological polar surface area (TPSA) is 75.7 Å². The Morgan fingerprint density at radius 3 is 2.34 bits per heavy atom. The first kappa shape index (κ1) is 24.1. The van der Waals surface area contributed by atoms with Crippen molar-refractivity contribution in [3.05, 3.63) is 59.9 Å². The highest BCUT2D eigenvalue weighted by molar-refractivity contribution is 7.89. The van der Waals surface area contributed by atoms with E-state index in [4.69, 9.17) is 0 Å². The van der Waals surface area contributed by atoms with Crippen molar-refractivity contribution in [1.82, 2.24) is 9.62 Å². The average Bonchev–Trinajstić information content (AvgIpc) is 2.78. The van der Waals surface area contributed by atoms with Crippen molar-refractivity contribution in [1.29, 1.82) is 0 Å². The molecule has 1 N–H and O–H groups in total. The molecule has 1 fully saturated rings. The first-order valence-corrected chi connectivity index (χ1v) is 11.8. The summed E-state index contributed by atoms with van der Waals surface area (Å²) in [4.78, 5) is 12.8. The molecule has 1 aliphatic rings. The lowest BCUT2D eigenvalue weighted by Crippen LogP contribution is -2.43. The predicted octanol–water partition coefficient (Wildman–Crippen LogP) is 4.10. The van der Waals surface area contributed by atoms with Gasteiger partial charge in [0, 0.05) is 24.6 Å². The van der Waals surface area contributed by atoms with Crippen LogP contribution < -0.4 is 10.1 Å². The quantitative estimate of drug-likeness (QED) is 0.631. The van der Waals surface area contributed by atoms with Gasteiger partial charge in [0.2, 0.25) is 15.9 Å². The Labute approximate surface area is 185 Å². The number of sulfonamides is 1. The zero-order valence-corrected chi connectivity index (χ0v) is 18.3. The Morgan fingerprint density at radius 2 is 1.75 bits per heavy atom. The van der Waals surface area contributed by atoms with Crippen LogP contribution in [0.25, 0.3) is 0 Å². The average molecular weight is 471 g/mol. The van der Waals surface area contributed by atoms with Gasteiger partial charge in [-0.15, -0.1) is 0 Å². The smallest absolute Gasteiger partial charge is 0.387 e. The first-order chi connectivity index (χ1) is 15.2. The molecule has 0 radical (unpaired) electrons. The second-order valence-electron chi connectivity index (χ2n) is 7.52. The maximum atomic E-state index is 13.1. The third-order valence-electron chi connectivity index (χ3n) is 5.51. The Hall–Kier alpha value is -2.59. The number of hydrogen-bond acceptors (Lipinski definition) is 4. The molecule has 1 amide bonds. The summed E-state index contributed by atoms with van der Waals surface area (Å²) in [6, 6.07) is 10.4. The minimum Gasteiger partial charge on any atom is -0.434 e. The summed E-state index contributed by atoms with van der Waals surface area (Å²) in [5, 5.41) is 2.88. The molecule has 2 aromatic rings. The summed E-state index contributed by atoms with van der Waals surface area (Å²) < 4.78 is 69.9. The standard InChI is InChI=1S/C22H25F3N2O4S/c1-2-19(18-5-3-4-6-20(18)31-22(24)25)26-21(28)15-11-13-27(14-12-15)32(29,30)17-9-7-16(23)8-10-17/h3-10,15,19,22H,2,11-14H2,1H3,(H,26,28). The second kappa shape index (κ2) is 10.4. The molecule has 10 heteroatoms. The summed E-state index contributed by atoms with van der Waals surface area (Å²) in [5.41, 5.74) is 0.458. The van der Waals surface area contributed by atoms with E-state index in [-0.39, 0.29) is 29.6 Å². The zero-order chi connectivity index (χ0) is 23.3. The number of hydrogen-bond donors (Lipinski definition) is 1. The highest BCUT2D eigenvalue weighted by atomic mass is 32.2. The third kappa shape index (κ3) is 5.60. The fourth-order valence-corrected chi connectivity index (χ4v) is 5.24. The summed E-state index contributed by atoms with van der Waals surface area (Å²) in [6.45, 7) is -0.849.